The summed E-state index contributed by atoms with van der Waals surface area (Å²) in [7, 11) is -0.315. The second-order valence-electron chi connectivity index (χ2n) is 6.50. The molecule has 1 saturated heterocycles. The molecule has 1 radical (unpaired) electrons. The molecule has 2 bridgehead atoms. The van der Waals surface area contributed by atoms with Crippen molar-refractivity contribution in [1.29, 1.82) is 0 Å². The molecule has 1 aliphatic heterocycles. The summed E-state index contributed by atoms with van der Waals surface area (Å²) in [4.78, 5) is 0. The van der Waals surface area contributed by atoms with Crippen LogP contribution in [0.2, 0.25) is 0 Å². The van der Waals surface area contributed by atoms with Gasteiger partial charge in [-0.15, -0.1) is 0 Å². The SMILES string of the molecule is [CH2-][C@H](N)B1OC2C[C@@H]3CC(C3(C)C)[C@]2(C)O1.[Y]. The molecule has 2 N–H and O–H groups in total. The second-order valence-corrected chi connectivity index (χ2v) is 6.50. The van der Waals surface area contributed by atoms with Crippen LogP contribution >= 0.6 is 0 Å². The van der Waals surface area contributed by atoms with Gasteiger partial charge in [-0.25, -0.2) is 0 Å². The van der Waals surface area contributed by atoms with Crippen LogP contribution in [-0.4, -0.2) is 24.8 Å². The summed E-state index contributed by atoms with van der Waals surface area (Å²) in [5.74, 6) is 1.11. The zero-order valence-electron chi connectivity index (χ0n) is 11.0. The maximum atomic E-state index is 6.09. The van der Waals surface area contributed by atoms with Crippen molar-refractivity contribution in [3.63, 3.8) is 0 Å². The fraction of sp³-hybridized carbons (Fsp3) is 0.917. The van der Waals surface area contributed by atoms with Gasteiger partial charge in [0.2, 0.25) is 0 Å². The van der Waals surface area contributed by atoms with E-state index in [-0.39, 0.29) is 57.5 Å². The number of hydrogen-bond acceptors (Lipinski definition) is 3. The van der Waals surface area contributed by atoms with Crippen LogP contribution in [0.25, 0.3) is 0 Å². The average Bonchev–Trinajstić information content (AvgIpc) is 2.54. The van der Waals surface area contributed by atoms with Gasteiger partial charge in [-0.3, -0.25) is 0 Å². The monoisotopic (exact) mass is 311 g/mol. The Morgan fingerprint density at radius 3 is 2.53 bits per heavy atom. The fourth-order valence-electron chi connectivity index (χ4n) is 4.08. The minimum Gasteiger partial charge on any atom is -0.406 e. The Bertz CT molecular complexity index is 326. The number of hydrogen-bond donors (Lipinski definition) is 1. The standard InChI is InChI=1S/C12H21BNO2.Y/c1-7(14)13-15-10-6-8-5-9(11(8,2)3)12(10,4)16-13;/h7-10H,1,5-6,14H2,2-4H3;/q-1;/t7-,8-,9?,10?,12-;/m0./s1. The van der Waals surface area contributed by atoms with Crippen LogP contribution < -0.4 is 5.73 Å². The molecule has 0 aromatic rings. The quantitative estimate of drug-likeness (QED) is 0.588. The maximum Gasteiger partial charge on any atom is 0.442 e. The molecule has 3 nitrogen and oxygen atoms in total. The zero-order chi connectivity index (χ0) is 11.7. The summed E-state index contributed by atoms with van der Waals surface area (Å²) in [5, 5.41) is 0. The van der Waals surface area contributed by atoms with E-state index in [1.807, 2.05) is 0 Å². The Kier molecular flexibility index (Phi) is 3.64. The third kappa shape index (κ3) is 1.82. The number of rotatable bonds is 1. The van der Waals surface area contributed by atoms with Gasteiger partial charge in [-0.05, 0) is 37.0 Å². The average molecular weight is 311 g/mol. The molecular formula is C12H21BNO2Y-. The molecule has 3 aliphatic carbocycles. The Morgan fingerprint density at radius 2 is 2.00 bits per heavy atom. The van der Waals surface area contributed by atoms with E-state index in [1.165, 1.54) is 6.42 Å². The van der Waals surface area contributed by atoms with E-state index in [0.29, 0.717) is 11.3 Å². The molecule has 5 heteroatoms. The summed E-state index contributed by atoms with van der Waals surface area (Å²) in [6, 6.07) is 0. The first kappa shape index (κ1) is 14.5. The Balaban J connectivity index is 0.00000108. The van der Waals surface area contributed by atoms with Crippen LogP contribution in [0.1, 0.15) is 33.6 Å². The molecule has 5 atom stereocenters. The second kappa shape index (κ2) is 4.28. The van der Waals surface area contributed by atoms with Gasteiger partial charge in [0.1, 0.15) is 0 Å². The summed E-state index contributed by atoms with van der Waals surface area (Å²) in [6.07, 6.45) is 2.62. The van der Waals surface area contributed by atoms with E-state index in [2.05, 4.69) is 27.7 Å². The van der Waals surface area contributed by atoms with Crippen LogP contribution in [0.3, 0.4) is 0 Å². The molecule has 0 spiro atoms. The van der Waals surface area contributed by atoms with Crippen LogP contribution in [0, 0.1) is 24.2 Å². The van der Waals surface area contributed by atoms with Crippen LogP contribution in [0.5, 0.6) is 0 Å². The van der Waals surface area contributed by atoms with Crippen molar-refractivity contribution in [2.24, 2.45) is 23.0 Å². The normalized spacial score (nSPS) is 47.8. The molecule has 4 fully saturated rings. The van der Waals surface area contributed by atoms with Crippen molar-refractivity contribution >= 4 is 7.12 Å². The summed E-state index contributed by atoms with van der Waals surface area (Å²) in [6.45, 7) is 10.7. The van der Waals surface area contributed by atoms with Crippen molar-refractivity contribution in [3.8, 4) is 0 Å². The molecule has 17 heavy (non-hydrogen) atoms. The molecule has 2 unspecified atom stereocenters. The third-order valence-electron chi connectivity index (χ3n) is 5.32. The van der Waals surface area contributed by atoms with Gasteiger partial charge in [0.05, 0.1) is 11.7 Å². The fourth-order valence-corrected chi connectivity index (χ4v) is 4.08. The molecule has 3 saturated carbocycles. The molecule has 0 amide bonds. The minimum absolute atomic E-state index is 0. The molecule has 93 valence electrons. The largest absolute Gasteiger partial charge is 0.442 e. The van der Waals surface area contributed by atoms with E-state index >= 15 is 0 Å². The van der Waals surface area contributed by atoms with Crippen LogP contribution in [0.4, 0.5) is 0 Å². The Labute approximate surface area is 130 Å². The van der Waals surface area contributed by atoms with Gasteiger partial charge in [-0.1, -0.05) is 19.8 Å². The first-order valence-electron chi connectivity index (χ1n) is 6.27. The Hall–Kier alpha value is 1.05. The zero-order valence-corrected chi connectivity index (χ0v) is 13.8. The van der Waals surface area contributed by atoms with Crippen molar-refractivity contribution < 1.29 is 42.0 Å². The molecular weight excluding hydrogens is 290 g/mol. The van der Waals surface area contributed by atoms with Gasteiger partial charge >= 0.3 is 7.12 Å². The van der Waals surface area contributed by atoms with Crippen LogP contribution in [0.15, 0.2) is 0 Å². The van der Waals surface area contributed by atoms with E-state index in [1.54, 1.807) is 0 Å². The van der Waals surface area contributed by atoms with Crippen molar-refractivity contribution in [1.82, 2.24) is 0 Å². The number of nitrogens with two attached hydrogens (primary N) is 1. The summed E-state index contributed by atoms with van der Waals surface area (Å²) in [5.41, 5.74) is 6.03. The van der Waals surface area contributed by atoms with Gasteiger partial charge in [0.15, 0.2) is 0 Å². The molecule has 0 aromatic heterocycles. The predicted octanol–water partition coefficient (Wildman–Crippen LogP) is 1.41. The summed E-state index contributed by atoms with van der Waals surface area (Å²) >= 11 is 0. The van der Waals surface area contributed by atoms with Gasteiger partial charge in [0.25, 0.3) is 0 Å². The minimum atomic E-state index is -0.315. The van der Waals surface area contributed by atoms with E-state index in [9.17, 15) is 0 Å². The van der Waals surface area contributed by atoms with Gasteiger partial charge in [-0.2, -0.15) is 0 Å². The summed E-state index contributed by atoms with van der Waals surface area (Å²) < 4.78 is 12.0. The first-order valence-corrected chi connectivity index (χ1v) is 6.27. The van der Waals surface area contributed by atoms with Crippen LogP contribution in [-0.2, 0) is 42.0 Å². The molecule has 1 heterocycles. The van der Waals surface area contributed by atoms with Crippen molar-refractivity contribution in [2.45, 2.75) is 51.3 Å². The topological polar surface area (TPSA) is 44.5 Å². The first-order chi connectivity index (χ1) is 7.35. The van der Waals surface area contributed by atoms with E-state index in [4.69, 9.17) is 15.0 Å². The molecule has 0 aromatic carbocycles. The molecule has 4 aliphatic rings. The van der Waals surface area contributed by atoms with E-state index < -0.39 is 0 Å². The van der Waals surface area contributed by atoms with Gasteiger partial charge < -0.3 is 22.0 Å². The molecule has 4 rings (SSSR count). The van der Waals surface area contributed by atoms with E-state index in [0.717, 1.165) is 12.3 Å². The predicted molar refractivity (Wildman–Crippen MR) is 63.4 cm³/mol. The maximum absolute atomic E-state index is 6.09. The Morgan fingerprint density at radius 1 is 1.35 bits per heavy atom. The van der Waals surface area contributed by atoms with Gasteiger partial charge in [0, 0.05) is 32.7 Å². The smallest absolute Gasteiger partial charge is 0.406 e. The third-order valence-corrected chi connectivity index (χ3v) is 5.32. The van der Waals surface area contributed by atoms with Crippen molar-refractivity contribution in [3.05, 3.63) is 6.92 Å². The van der Waals surface area contributed by atoms with Crippen molar-refractivity contribution in [2.75, 3.05) is 0 Å².